The molecule has 1 aromatic heterocycles. The van der Waals surface area contributed by atoms with Crippen LogP contribution in [0.25, 0.3) is 11.4 Å². The van der Waals surface area contributed by atoms with E-state index in [1.165, 1.54) is 4.57 Å². The lowest BCUT2D eigenvalue weighted by molar-refractivity contribution is 0.238. The van der Waals surface area contributed by atoms with Gasteiger partial charge >= 0.3 is 5.69 Å². The van der Waals surface area contributed by atoms with Crippen molar-refractivity contribution in [1.29, 1.82) is 0 Å². The van der Waals surface area contributed by atoms with Gasteiger partial charge < -0.3 is 10.0 Å². The van der Waals surface area contributed by atoms with Crippen LogP contribution in [-0.2, 0) is 7.05 Å². The second-order valence-electron chi connectivity index (χ2n) is 5.25. The molecule has 0 aliphatic carbocycles. The maximum atomic E-state index is 11.4. The minimum absolute atomic E-state index is 0.216. The van der Waals surface area contributed by atoms with Gasteiger partial charge in [-0.2, -0.15) is 5.10 Å². The fraction of sp³-hybridized carbons (Fsp3) is 0.429. The summed E-state index contributed by atoms with van der Waals surface area (Å²) in [7, 11) is 1.70. The molecule has 106 valence electrons. The second-order valence-corrected chi connectivity index (χ2v) is 5.25. The second kappa shape index (κ2) is 5.13. The Morgan fingerprint density at radius 3 is 3.00 bits per heavy atom. The van der Waals surface area contributed by atoms with E-state index in [1.54, 1.807) is 7.05 Å². The predicted octanol–water partition coefficient (Wildman–Crippen LogP) is 0.594. The van der Waals surface area contributed by atoms with Crippen molar-refractivity contribution < 1.29 is 5.11 Å². The van der Waals surface area contributed by atoms with E-state index in [0.29, 0.717) is 11.7 Å². The van der Waals surface area contributed by atoms with Gasteiger partial charge in [-0.3, -0.25) is 4.57 Å². The van der Waals surface area contributed by atoms with E-state index in [0.717, 1.165) is 30.8 Å². The lowest BCUT2D eigenvalue weighted by atomic mass is 10.1. The number of aliphatic hydroxyl groups is 1. The highest BCUT2D eigenvalue weighted by Gasteiger charge is 2.22. The van der Waals surface area contributed by atoms with Gasteiger partial charge in [0.15, 0.2) is 5.82 Å². The average molecular weight is 274 g/mol. The summed E-state index contributed by atoms with van der Waals surface area (Å²) in [5, 5.41) is 15.7. The molecular weight excluding hydrogens is 256 g/mol. The molecule has 20 heavy (non-hydrogen) atoms. The van der Waals surface area contributed by atoms with Crippen LogP contribution in [0.2, 0.25) is 0 Å². The van der Waals surface area contributed by atoms with E-state index >= 15 is 0 Å². The van der Waals surface area contributed by atoms with Crippen LogP contribution in [0.15, 0.2) is 29.1 Å². The first kappa shape index (κ1) is 12.9. The Bertz CT molecular complexity index is 661. The van der Waals surface area contributed by atoms with Gasteiger partial charge in [0.1, 0.15) is 0 Å². The summed E-state index contributed by atoms with van der Waals surface area (Å²) in [4.78, 5) is 13.7. The maximum absolute atomic E-state index is 11.4. The van der Waals surface area contributed by atoms with Crippen molar-refractivity contribution in [3.05, 3.63) is 34.7 Å². The number of hydrogen-bond donors (Lipinski definition) is 2. The van der Waals surface area contributed by atoms with Crippen molar-refractivity contribution >= 4 is 5.69 Å². The zero-order valence-electron chi connectivity index (χ0n) is 11.4. The van der Waals surface area contributed by atoms with Crippen LogP contribution in [-0.4, -0.2) is 39.6 Å². The Balaban J connectivity index is 1.90. The molecule has 2 heterocycles. The third kappa shape index (κ3) is 2.22. The molecule has 0 saturated carbocycles. The van der Waals surface area contributed by atoms with E-state index in [-0.39, 0.29) is 12.3 Å². The molecule has 1 aliphatic rings. The van der Waals surface area contributed by atoms with Gasteiger partial charge in [-0.15, -0.1) is 0 Å². The highest BCUT2D eigenvalue weighted by Crippen LogP contribution is 2.27. The fourth-order valence-electron chi connectivity index (χ4n) is 2.66. The van der Waals surface area contributed by atoms with Gasteiger partial charge in [0, 0.05) is 43.9 Å². The molecule has 0 amide bonds. The number of nitrogens with zero attached hydrogens (tertiary/aromatic N) is 3. The Morgan fingerprint density at radius 2 is 2.35 bits per heavy atom. The lowest BCUT2D eigenvalue weighted by Gasteiger charge is -2.19. The molecule has 2 N–H and O–H groups in total. The highest BCUT2D eigenvalue weighted by molar-refractivity contribution is 5.63. The molecule has 1 unspecified atom stereocenters. The van der Waals surface area contributed by atoms with Crippen molar-refractivity contribution in [3.8, 4) is 11.4 Å². The lowest BCUT2D eigenvalue weighted by Crippen LogP contribution is -2.20. The zero-order valence-corrected chi connectivity index (χ0v) is 11.4. The Hall–Kier alpha value is -2.08. The molecule has 1 aliphatic heterocycles. The summed E-state index contributed by atoms with van der Waals surface area (Å²) < 4.78 is 1.50. The van der Waals surface area contributed by atoms with Crippen LogP contribution in [0.3, 0.4) is 0 Å². The van der Waals surface area contributed by atoms with Crippen molar-refractivity contribution in [3.63, 3.8) is 0 Å². The van der Waals surface area contributed by atoms with Gasteiger partial charge in [0.2, 0.25) is 0 Å². The molecule has 6 nitrogen and oxygen atoms in total. The predicted molar refractivity (Wildman–Crippen MR) is 76.7 cm³/mol. The number of aromatic nitrogens is 3. The largest absolute Gasteiger partial charge is 0.396 e. The third-order valence-electron chi connectivity index (χ3n) is 3.89. The average Bonchev–Trinajstić information content (AvgIpc) is 3.07. The Morgan fingerprint density at radius 1 is 1.50 bits per heavy atom. The normalized spacial score (nSPS) is 18.7. The first-order chi connectivity index (χ1) is 9.69. The number of aromatic amines is 1. The highest BCUT2D eigenvalue weighted by atomic mass is 16.3. The van der Waals surface area contributed by atoms with Gasteiger partial charge in [0.25, 0.3) is 0 Å². The van der Waals surface area contributed by atoms with Crippen molar-refractivity contribution in [2.24, 2.45) is 13.0 Å². The van der Waals surface area contributed by atoms with Gasteiger partial charge in [-0.1, -0.05) is 12.1 Å². The molecule has 0 bridgehead atoms. The quantitative estimate of drug-likeness (QED) is 0.859. The summed E-state index contributed by atoms with van der Waals surface area (Å²) in [6, 6.07) is 8.00. The van der Waals surface area contributed by atoms with E-state index in [4.69, 9.17) is 0 Å². The summed E-state index contributed by atoms with van der Waals surface area (Å²) in [5.74, 6) is 0.989. The summed E-state index contributed by atoms with van der Waals surface area (Å²) in [5.41, 5.74) is 1.80. The van der Waals surface area contributed by atoms with Crippen LogP contribution in [0.4, 0.5) is 5.69 Å². The van der Waals surface area contributed by atoms with E-state index < -0.39 is 0 Å². The number of nitrogens with one attached hydrogen (secondary N) is 1. The number of aliphatic hydroxyl groups excluding tert-OH is 1. The number of benzene rings is 1. The monoisotopic (exact) mass is 274 g/mol. The van der Waals surface area contributed by atoms with Crippen LogP contribution in [0.5, 0.6) is 0 Å². The van der Waals surface area contributed by atoms with E-state index in [9.17, 15) is 9.90 Å². The first-order valence-corrected chi connectivity index (χ1v) is 6.76. The third-order valence-corrected chi connectivity index (χ3v) is 3.89. The Kier molecular flexibility index (Phi) is 3.31. The molecular formula is C14H18N4O2. The molecule has 3 rings (SSSR count). The summed E-state index contributed by atoms with van der Waals surface area (Å²) in [6.07, 6.45) is 1.02. The van der Waals surface area contributed by atoms with Crippen LogP contribution >= 0.6 is 0 Å². The van der Waals surface area contributed by atoms with Crippen molar-refractivity contribution in [2.75, 3.05) is 24.6 Å². The summed E-state index contributed by atoms with van der Waals surface area (Å²) in [6.45, 7) is 2.07. The maximum Gasteiger partial charge on any atom is 0.343 e. The first-order valence-electron chi connectivity index (χ1n) is 6.76. The molecule has 2 aromatic rings. The molecule has 1 fully saturated rings. The smallest absolute Gasteiger partial charge is 0.343 e. The number of H-pyrrole nitrogens is 1. The SMILES string of the molecule is Cn1c(-c2cccc(N3CCC(CO)C3)c2)n[nH]c1=O. The summed E-state index contributed by atoms with van der Waals surface area (Å²) >= 11 is 0. The van der Waals surface area contributed by atoms with Crippen molar-refractivity contribution in [1.82, 2.24) is 14.8 Å². The minimum Gasteiger partial charge on any atom is -0.396 e. The Labute approximate surface area is 116 Å². The van der Waals surface area contributed by atoms with E-state index in [2.05, 4.69) is 15.1 Å². The number of anilines is 1. The van der Waals surface area contributed by atoms with Crippen LogP contribution < -0.4 is 10.6 Å². The standard InChI is InChI=1S/C14H18N4O2/c1-17-13(15-16-14(17)20)11-3-2-4-12(7-11)18-6-5-10(8-18)9-19/h2-4,7,10,19H,5-6,8-9H2,1H3,(H,16,20). The fourth-order valence-corrected chi connectivity index (χ4v) is 2.66. The molecule has 0 radical (unpaired) electrons. The molecule has 0 spiro atoms. The van der Waals surface area contributed by atoms with Gasteiger partial charge in [0.05, 0.1) is 0 Å². The van der Waals surface area contributed by atoms with Gasteiger partial charge in [-0.25, -0.2) is 9.89 Å². The molecule has 1 saturated heterocycles. The molecule has 6 heteroatoms. The number of rotatable bonds is 3. The van der Waals surface area contributed by atoms with E-state index in [1.807, 2.05) is 24.3 Å². The van der Waals surface area contributed by atoms with Crippen LogP contribution in [0, 0.1) is 5.92 Å². The molecule has 1 atom stereocenters. The van der Waals surface area contributed by atoms with Crippen LogP contribution in [0.1, 0.15) is 6.42 Å². The van der Waals surface area contributed by atoms with Crippen molar-refractivity contribution in [2.45, 2.75) is 6.42 Å². The molecule has 1 aromatic carbocycles. The topological polar surface area (TPSA) is 74.2 Å². The minimum atomic E-state index is -0.216. The van der Waals surface area contributed by atoms with Gasteiger partial charge in [-0.05, 0) is 18.6 Å². The zero-order chi connectivity index (χ0) is 14.1. The number of hydrogen-bond acceptors (Lipinski definition) is 4.